The van der Waals surface area contributed by atoms with Gasteiger partial charge in [-0.05, 0) is 50.7 Å². The Bertz CT molecular complexity index is 578. The predicted octanol–water partition coefficient (Wildman–Crippen LogP) is 5.50. The van der Waals surface area contributed by atoms with Gasteiger partial charge in [0.25, 0.3) is 0 Å². The van der Waals surface area contributed by atoms with E-state index >= 15 is 0 Å². The molecule has 1 N–H and O–H groups in total. The maximum absolute atomic E-state index is 10.3. The molecule has 2 aromatic rings. The van der Waals surface area contributed by atoms with Crippen molar-refractivity contribution in [3.63, 3.8) is 0 Å². The van der Waals surface area contributed by atoms with Gasteiger partial charge in [-0.1, -0.05) is 55.8 Å². The van der Waals surface area contributed by atoms with E-state index in [-0.39, 0.29) is 0 Å². The summed E-state index contributed by atoms with van der Waals surface area (Å²) < 4.78 is 0.844. The van der Waals surface area contributed by atoms with E-state index in [4.69, 9.17) is 11.6 Å². The van der Waals surface area contributed by atoms with Gasteiger partial charge in [0, 0.05) is 10.9 Å². The second kappa shape index (κ2) is 6.75. The van der Waals surface area contributed by atoms with Gasteiger partial charge in [0.1, 0.15) is 0 Å². The number of benzene rings is 2. The lowest BCUT2D eigenvalue weighted by atomic mass is 9.97. The molecule has 0 fully saturated rings. The quantitative estimate of drug-likeness (QED) is 0.769. The highest BCUT2D eigenvalue weighted by molar-refractivity contribution is 9.10. The molecule has 20 heavy (non-hydrogen) atoms. The van der Waals surface area contributed by atoms with E-state index in [1.54, 1.807) is 6.07 Å². The van der Waals surface area contributed by atoms with Crippen molar-refractivity contribution >= 4 is 27.5 Å². The Balaban J connectivity index is 2.10. The van der Waals surface area contributed by atoms with Crippen molar-refractivity contribution in [2.24, 2.45) is 0 Å². The number of aliphatic hydroxyl groups excluding tert-OH is 1. The Morgan fingerprint density at radius 2 is 1.65 bits per heavy atom. The summed E-state index contributed by atoms with van der Waals surface area (Å²) >= 11 is 9.41. The summed E-state index contributed by atoms with van der Waals surface area (Å²) in [7, 11) is 0. The van der Waals surface area contributed by atoms with E-state index in [0.29, 0.717) is 17.4 Å². The fourth-order valence-corrected chi connectivity index (χ4v) is 2.53. The molecule has 0 amide bonds. The van der Waals surface area contributed by atoms with Crippen molar-refractivity contribution in [2.45, 2.75) is 32.3 Å². The molecule has 1 nitrogen and oxygen atoms in total. The molecule has 3 heteroatoms. The minimum Gasteiger partial charge on any atom is -0.388 e. The van der Waals surface area contributed by atoms with Crippen LogP contribution in [0.3, 0.4) is 0 Å². The molecule has 0 spiro atoms. The average molecular weight is 354 g/mol. The first kappa shape index (κ1) is 15.6. The molecule has 1 atom stereocenters. The van der Waals surface area contributed by atoms with Gasteiger partial charge >= 0.3 is 0 Å². The first-order chi connectivity index (χ1) is 9.47. The van der Waals surface area contributed by atoms with Crippen LogP contribution in [0.5, 0.6) is 0 Å². The van der Waals surface area contributed by atoms with Crippen LogP contribution in [-0.4, -0.2) is 5.11 Å². The first-order valence-corrected chi connectivity index (χ1v) is 7.86. The summed E-state index contributed by atoms with van der Waals surface area (Å²) in [6.45, 7) is 4.35. The molecule has 1 unspecified atom stereocenters. The predicted molar refractivity (Wildman–Crippen MR) is 88.3 cm³/mol. The second-order valence-corrected chi connectivity index (χ2v) is 6.55. The molecule has 0 aliphatic heterocycles. The highest BCUT2D eigenvalue weighted by Crippen LogP contribution is 2.27. The van der Waals surface area contributed by atoms with Gasteiger partial charge in [-0.15, -0.1) is 0 Å². The largest absolute Gasteiger partial charge is 0.388 e. The molecule has 0 aliphatic rings. The summed E-state index contributed by atoms with van der Waals surface area (Å²) in [6, 6.07) is 14.0. The zero-order valence-corrected chi connectivity index (χ0v) is 13.9. The fraction of sp³-hybridized carbons (Fsp3) is 0.294. The van der Waals surface area contributed by atoms with Gasteiger partial charge in [0.05, 0.1) is 11.1 Å². The average Bonchev–Trinajstić information content (AvgIpc) is 2.42. The van der Waals surface area contributed by atoms with Crippen LogP contribution in [0.2, 0.25) is 5.02 Å². The zero-order chi connectivity index (χ0) is 14.7. The van der Waals surface area contributed by atoms with Crippen molar-refractivity contribution in [1.82, 2.24) is 0 Å². The molecule has 2 aromatic carbocycles. The minimum absolute atomic E-state index is 0.527. The van der Waals surface area contributed by atoms with Gasteiger partial charge < -0.3 is 5.11 Å². The number of hydrogen-bond acceptors (Lipinski definition) is 1. The van der Waals surface area contributed by atoms with Crippen LogP contribution in [0, 0.1) is 0 Å². The monoisotopic (exact) mass is 352 g/mol. The van der Waals surface area contributed by atoms with Crippen LogP contribution in [-0.2, 0) is 6.42 Å². The molecule has 0 saturated carbocycles. The minimum atomic E-state index is -0.537. The van der Waals surface area contributed by atoms with E-state index in [2.05, 4.69) is 54.0 Å². The van der Waals surface area contributed by atoms with Crippen molar-refractivity contribution in [1.29, 1.82) is 0 Å². The Morgan fingerprint density at radius 1 is 1.05 bits per heavy atom. The van der Waals surface area contributed by atoms with Crippen LogP contribution in [0.15, 0.2) is 46.9 Å². The van der Waals surface area contributed by atoms with E-state index < -0.39 is 6.10 Å². The molecule has 0 aromatic heterocycles. The molecule has 0 heterocycles. The summed E-state index contributed by atoms with van der Waals surface area (Å²) in [5, 5.41) is 10.9. The Morgan fingerprint density at radius 3 is 2.20 bits per heavy atom. The normalized spacial score (nSPS) is 12.7. The summed E-state index contributed by atoms with van der Waals surface area (Å²) in [4.78, 5) is 0. The highest BCUT2D eigenvalue weighted by atomic mass is 79.9. The van der Waals surface area contributed by atoms with Crippen LogP contribution in [0.1, 0.15) is 42.6 Å². The van der Waals surface area contributed by atoms with Crippen LogP contribution in [0.25, 0.3) is 0 Å². The Hall–Kier alpha value is -0.830. The van der Waals surface area contributed by atoms with Gasteiger partial charge in [0.2, 0.25) is 0 Å². The van der Waals surface area contributed by atoms with E-state index in [9.17, 15) is 5.11 Å². The molecule has 106 valence electrons. The maximum Gasteiger partial charge on any atom is 0.0830 e. The van der Waals surface area contributed by atoms with Crippen molar-refractivity contribution in [3.05, 3.63) is 68.7 Å². The first-order valence-electron chi connectivity index (χ1n) is 6.69. The lowest BCUT2D eigenvalue weighted by molar-refractivity contribution is 0.178. The topological polar surface area (TPSA) is 20.2 Å². The number of rotatable bonds is 4. The van der Waals surface area contributed by atoms with Gasteiger partial charge in [-0.3, -0.25) is 0 Å². The van der Waals surface area contributed by atoms with Gasteiger partial charge in [-0.25, -0.2) is 0 Å². The summed E-state index contributed by atoms with van der Waals surface area (Å²) in [5.41, 5.74) is 3.28. The molecule has 0 radical (unpaired) electrons. The standard InChI is InChI=1S/C17H18BrClO/c1-11(2)13-5-3-12(4-6-13)9-17(20)14-7-8-15(18)16(19)10-14/h3-8,10-11,17,20H,9H2,1-2H3. The Kier molecular flexibility index (Phi) is 5.25. The van der Waals surface area contributed by atoms with Crippen molar-refractivity contribution < 1.29 is 5.11 Å². The highest BCUT2D eigenvalue weighted by Gasteiger charge is 2.10. The van der Waals surface area contributed by atoms with Crippen LogP contribution >= 0.6 is 27.5 Å². The fourth-order valence-electron chi connectivity index (χ4n) is 2.10. The third kappa shape index (κ3) is 3.85. The SMILES string of the molecule is CC(C)c1ccc(CC(O)c2ccc(Br)c(Cl)c2)cc1. The van der Waals surface area contributed by atoms with Crippen LogP contribution < -0.4 is 0 Å². The molecular formula is C17H18BrClO. The van der Waals surface area contributed by atoms with Gasteiger partial charge in [-0.2, -0.15) is 0 Å². The third-order valence-electron chi connectivity index (χ3n) is 3.40. The Labute approximate surface area is 133 Å². The lowest BCUT2D eigenvalue weighted by Gasteiger charge is -2.13. The zero-order valence-electron chi connectivity index (χ0n) is 11.6. The number of hydrogen-bond donors (Lipinski definition) is 1. The van der Waals surface area contributed by atoms with E-state index in [1.165, 1.54) is 5.56 Å². The van der Waals surface area contributed by atoms with Crippen LogP contribution in [0.4, 0.5) is 0 Å². The number of aliphatic hydroxyl groups is 1. The summed E-state index contributed by atoms with van der Waals surface area (Å²) in [6.07, 6.45) is 0.0570. The summed E-state index contributed by atoms with van der Waals surface area (Å²) in [5.74, 6) is 0.527. The smallest absolute Gasteiger partial charge is 0.0830 e. The molecule has 0 bridgehead atoms. The van der Waals surface area contributed by atoms with E-state index in [0.717, 1.165) is 15.6 Å². The van der Waals surface area contributed by atoms with Crippen molar-refractivity contribution in [3.8, 4) is 0 Å². The van der Waals surface area contributed by atoms with E-state index in [1.807, 2.05) is 12.1 Å². The number of halogens is 2. The third-order valence-corrected chi connectivity index (χ3v) is 4.64. The molecular weight excluding hydrogens is 336 g/mol. The van der Waals surface area contributed by atoms with Crippen molar-refractivity contribution in [2.75, 3.05) is 0 Å². The lowest BCUT2D eigenvalue weighted by Crippen LogP contribution is -2.02. The van der Waals surface area contributed by atoms with Gasteiger partial charge in [0.15, 0.2) is 0 Å². The second-order valence-electron chi connectivity index (χ2n) is 5.29. The maximum atomic E-state index is 10.3. The molecule has 2 rings (SSSR count). The molecule has 0 saturated heterocycles. The molecule has 0 aliphatic carbocycles.